The molecule has 0 N–H and O–H groups in total. The lowest BCUT2D eigenvalue weighted by molar-refractivity contribution is 0.412. The van der Waals surface area contributed by atoms with Crippen LogP contribution >= 0.6 is 0 Å². The monoisotopic (exact) mass is 713 g/mol. The van der Waals surface area contributed by atoms with E-state index in [9.17, 15) is 0 Å². The van der Waals surface area contributed by atoms with Crippen LogP contribution in [-0.4, -0.2) is 9.55 Å². The number of nitrogens with zero attached hydrogens (tertiary/aromatic N) is 2. The standard InChI is InChI=1S/C49H96N2/c1-5-8-11-14-17-20-23-25-26-28-30-33-36-39-42-47(4)51-46-45-50-49(51)48(43-40-37-34-31-27-22-19-16-13-10-7-3)44-41-38-35-32-29-24-21-18-15-12-9-6-2/h45-48H,5-44H2,1-4H3. The van der Waals surface area contributed by atoms with Crippen LogP contribution in [0.15, 0.2) is 12.4 Å². The van der Waals surface area contributed by atoms with Gasteiger partial charge in [0.25, 0.3) is 0 Å². The molecule has 1 heterocycles. The first-order valence-corrected chi connectivity index (χ1v) is 24.3. The summed E-state index contributed by atoms with van der Waals surface area (Å²) >= 11 is 0. The molecular weight excluding hydrogens is 617 g/mol. The highest BCUT2D eigenvalue weighted by Gasteiger charge is 2.19. The van der Waals surface area contributed by atoms with Gasteiger partial charge in [-0.05, 0) is 26.2 Å². The highest BCUT2D eigenvalue weighted by Crippen LogP contribution is 2.31. The van der Waals surface area contributed by atoms with Crippen molar-refractivity contribution in [3.05, 3.63) is 18.2 Å². The van der Waals surface area contributed by atoms with E-state index in [1.807, 2.05) is 0 Å². The number of imidazole rings is 1. The van der Waals surface area contributed by atoms with Crippen LogP contribution in [0.1, 0.15) is 302 Å². The molecule has 0 aromatic carbocycles. The van der Waals surface area contributed by atoms with Gasteiger partial charge in [0.1, 0.15) is 5.82 Å². The van der Waals surface area contributed by atoms with E-state index < -0.39 is 0 Å². The van der Waals surface area contributed by atoms with Crippen molar-refractivity contribution in [2.45, 2.75) is 296 Å². The molecule has 0 radical (unpaired) electrons. The van der Waals surface area contributed by atoms with Crippen LogP contribution in [0.25, 0.3) is 0 Å². The van der Waals surface area contributed by atoms with Crippen LogP contribution in [-0.2, 0) is 0 Å². The zero-order chi connectivity index (χ0) is 36.7. The van der Waals surface area contributed by atoms with Gasteiger partial charge >= 0.3 is 0 Å². The molecule has 0 aliphatic carbocycles. The van der Waals surface area contributed by atoms with E-state index >= 15 is 0 Å². The molecule has 2 unspecified atom stereocenters. The van der Waals surface area contributed by atoms with E-state index in [1.165, 1.54) is 263 Å². The number of rotatable bonds is 42. The Bertz CT molecular complexity index is 783. The maximum atomic E-state index is 5.06. The predicted molar refractivity (Wildman–Crippen MR) is 231 cm³/mol. The van der Waals surface area contributed by atoms with Crippen molar-refractivity contribution < 1.29 is 0 Å². The Morgan fingerprint density at radius 1 is 0.373 bits per heavy atom. The zero-order valence-corrected chi connectivity index (χ0v) is 36.0. The van der Waals surface area contributed by atoms with Crippen LogP contribution in [0.4, 0.5) is 0 Å². The third-order valence-electron chi connectivity index (χ3n) is 12.1. The van der Waals surface area contributed by atoms with E-state index in [1.54, 1.807) is 0 Å². The Morgan fingerprint density at radius 2 is 0.627 bits per heavy atom. The molecule has 0 amide bonds. The van der Waals surface area contributed by atoms with E-state index in [0.29, 0.717) is 12.0 Å². The number of unbranched alkanes of at least 4 members (excludes halogenated alkanes) is 34. The molecule has 0 spiro atoms. The molecule has 302 valence electrons. The molecule has 0 fully saturated rings. The lowest BCUT2D eigenvalue weighted by atomic mass is 9.92. The Morgan fingerprint density at radius 3 is 0.922 bits per heavy atom. The summed E-state index contributed by atoms with van der Waals surface area (Å²) in [6, 6.07) is 0.585. The van der Waals surface area contributed by atoms with Gasteiger partial charge in [0.15, 0.2) is 0 Å². The Labute approximate surface area is 323 Å². The van der Waals surface area contributed by atoms with E-state index in [0.717, 1.165) is 0 Å². The van der Waals surface area contributed by atoms with Gasteiger partial charge in [0.05, 0.1) is 0 Å². The van der Waals surface area contributed by atoms with Crippen molar-refractivity contribution in [2.24, 2.45) is 0 Å². The third kappa shape index (κ3) is 30.3. The maximum Gasteiger partial charge on any atom is 0.111 e. The summed E-state index contributed by atoms with van der Waals surface area (Å²) in [7, 11) is 0. The molecule has 1 rings (SSSR count). The molecule has 2 atom stereocenters. The second-order valence-corrected chi connectivity index (χ2v) is 17.1. The minimum absolute atomic E-state index is 0.585. The summed E-state index contributed by atoms with van der Waals surface area (Å²) in [6.45, 7) is 9.42. The molecule has 0 saturated carbocycles. The van der Waals surface area contributed by atoms with Crippen molar-refractivity contribution in [1.29, 1.82) is 0 Å². The lowest BCUT2D eigenvalue weighted by Gasteiger charge is -2.22. The van der Waals surface area contributed by atoms with Crippen LogP contribution in [0.3, 0.4) is 0 Å². The molecule has 2 heteroatoms. The minimum atomic E-state index is 0.585. The van der Waals surface area contributed by atoms with Gasteiger partial charge in [-0.1, -0.05) is 258 Å². The predicted octanol–water partition coefficient (Wildman–Crippen LogP) is 18.2. The quantitative estimate of drug-likeness (QED) is 0.0617. The van der Waals surface area contributed by atoms with Crippen LogP contribution in [0.5, 0.6) is 0 Å². The summed E-state index contributed by atoms with van der Waals surface area (Å²) in [5.74, 6) is 2.07. The summed E-state index contributed by atoms with van der Waals surface area (Å²) in [5.41, 5.74) is 0. The molecule has 0 bridgehead atoms. The second kappa shape index (κ2) is 38.9. The minimum Gasteiger partial charge on any atom is -0.332 e. The first-order chi connectivity index (χ1) is 25.2. The fraction of sp³-hybridized carbons (Fsp3) is 0.939. The molecule has 0 aliphatic heterocycles. The fourth-order valence-corrected chi connectivity index (χ4v) is 8.48. The van der Waals surface area contributed by atoms with Gasteiger partial charge in [0.2, 0.25) is 0 Å². The average Bonchev–Trinajstić information content (AvgIpc) is 3.63. The lowest BCUT2D eigenvalue weighted by Crippen LogP contribution is -2.13. The highest BCUT2D eigenvalue weighted by atomic mass is 15.1. The van der Waals surface area contributed by atoms with Crippen LogP contribution in [0, 0.1) is 0 Å². The summed E-state index contributed by atoms with van der Waals surface area (Å²) < 4.78 is 2.60. The van der Waals surface area contributed by atoms with Gasteiger partial charge in [-0.2, -0.15) is 0 Å². The number of hydrogen-bond acceptors (Lipinski definition) is 1. The van der Waals surface area contributed by atoms with E-state index in [4.69, 9.17) is 4.98 Å². The van der Waals surface area contributed by atoms with Crippen molar-refractivity contribution >= 4 is 0 Å². The third-order valence-corrected chi connectivity index (χ3v) is 12.1. The first-order valence-electron chi connectivity index (χ1n) is 24.3. The number of aromatic nitrogens is 2. The molecule has 0 aliphatic rings. The van der Waals surface area contributed by atoms with Crippen molar-refractivity contribution in [1.82, 2.24) is 9.55 Å². The van der Waals surface area contributed by atoms with Gasteiger partial charge in [-0.15, -0.1) is 0 Å². The van der Waals surface area contributed by atoms with Crippen LogP contribution in [0.2, 0.25) is 0 Å². The van der Waals surface area contributed by atoms with Crippen molar-refractivity contribution in [2.75, 3.05) is 0 Å². The molecule has 51 heavy (non-hydrogen) atoms. The molecular formula is C49H96N2. The molecule has 2 nitrogen and oxygen atoms in total. The summed E-state index contributed by atoms with van der Waals surface area (Å²) in [5, 5.41) is 0. The first kappa shape index (κ1) is 48.2. The number of hydrogen-bond donors (Lipinski definition) is 0. The largest absolute Gasteiger partial charge is 0.332 e. The van der Waals surface area contributed by atoms with Gasteiger partial charge < -0.3 is 4.57 Å². The summed E-state index contributed by atoms with van der Waals surface area (Å²) in [6.07, 6.45) is 61.6. The van der Waals surface area contributed by atoms with E-state index in [2.05, 4.69) is 44.7 Å². The molecule has 0 saturated heterocycles. The normalized spacial score (nSPS) is 12.9. The average molecular weight is 713 g/mol. The highest BCUT2D eigenvalue weighted by molar-refractivity contribution is 5.02. The summed E-state index contributed by atoms with van der Waals surface area (Å²) in [4.78, 5) is 5.06. The maximum absolute atomic E-state index is 5.06. The molecule has 1 aromatic rings. The Balaban J connectivity index is 2.36. The Hall–Kier alpha value is -0.790. The van der Waals surface area contributed by atoms with Crippen molar-refractivity contribution in [3.63, 3.8) is 0 Å². The zero-order valence-electron chi connectivity index (χ0n) is 36.0. The Kier molecular flexibility index (Phi) is 36.8. The van der Waals surface area contributed by atoms with Gasteiger partial charge in [-0.25, -0.2) is 4.98 Å². The smallest absolute Gasteiger partial charge is 0.111 e. The fourth-order valence-electron chi connectivity index (χ4n) is 8.48. The van der Waals surface area contributed by atoms with Crippen LogP contribution < -0.4 is 0 Å². The van der Waals surface area contributed by atoms with E-state index in [-0.39, 0.29) is 0 Å². The van der Waals surface area contributed by atoms with Gasteiger partial charge in [-0.3, -0.25) is 0 Å². The van der Waals surface area contributed by atoms with Gasteiger partial charge in [0, 0.05) is 24.4 Å². The SMILES string of the molecule is CCCCCCCCCCCCCCCCC(C)n1ccnc1C(CCCCCCCCCCCCC)CCCCCCCCCCCCCC. The topological polar surface area (TPSA) is 17.8 Å². The second-order valence-electron chi connectivity index (χ2n) is 17.1. The molecule has 1 aromatic heterocycles. The van der Waals surface area contributed by atoms with Crippen molar-refractivity contribution in [3.8, 4) is 0 Å².